The van der Waals surface area contributed by atoms with Crippen LogP contribution in [-0.4, -0.2) is 35.7 Å². The van der Waals surface area contributed by atoms with Gasteiger partial charge in [-0.1, -0.05) is 104 Å². The number of aryl methyl sites for hydroxylation is 2. The third-order valence-electron chi connectivity index (χ3n) is 13.2. The summed E-state index contributed by atoms with van der Waals surface area (Å²) in [5.41, 5.74) is 5.87. The minimum Gasteiger partial charge on any atom is -0.453 e. The van der Waals surface area contributed by atoms with Crippen molar-refractivity contribution in [3.8, 4) is 0 Å². The van der Waals surface area contributed by atoms with E-state index in [1.807, 2.05) is 12.2 Å². The van der Waals surface area contributed by atoms with E-state index in [0.717, 1.165) is 24.0 Å². The smallest absolute Gasteiger partial charge is 0.311 e. The molecule has 0 spiro atoms. The zero-order chi connectivity index (χ0) is 33.1. The summed E-state index contributed by atoms with van der Waals surface area (Å²) in [6, 6.07) is 13.1. The molecule has 6 aliphatic rings. The second-order valence-electron chi connectivity index (χ2n) is 15.6. The SMILES string of the molecule is CCc1ccc2c(c1)[C@H]1[C@@H]3OC(=O)[C@H]1[C@@](C)(C=CC3=O)C2(C)C.CCc1ccc2c(c1)[C@H]1[C@@H]3OC(=O)[C@H]1[C@@](C)(C=CC3=O)C2(C)C. The Morgan fingerprint density at radius 3 is 1.30 bits per heavy atom. The number of ether oxygens (including phenoxy) is 2. The van der Waals surface area contributed by atoms with Gasteiger partial charge in [-0.15, -0.1) is 0 Å². The normalized spacial score (nSPS) is 36.4. The summed E-state index contributed by atoms with van der Waals surface area (Å²) in [6.07, 6.45) is 7.76. The number of carbonyl (C=O) groups excluding carboxylic acids is 4. The van der Waals surface area contributed by atoms with Crippen LogP contribution in [0.5, 0.6) is 0 Å². The van der Waals surface area contributed by atoms with Gasteiger partial charge in [-0.05, 0) is 69.2 Å². The molecule has 0 unspecified atom stereocenters. The van der Waals surface area contributed by atoms with E-state index in [0.29, 0.717) is 0 Å². The van der Waals surface area contributed by atoms with E-state index in [1.54, 1.807) is 12.2 Å². The number of esters is 2. The fraction of sp³-hybridized carbons (Fsp3) is 0.500. The van der Waals surface area contributed by atoms with E-state index in [1.165, 1.54) is 22.3 Å². The fourth-order valence-electron chi connectivity index (χ4n) is 9.61. The van der Waals surface area contributed by atoms with E-state index in [9.17, 15) is 19.2 Å². The highest BCUT2D eigenvalue weighted by atomic mass is 16.6. The molecular formula is C40H44O6. The van der Waals surface area contributed by atoms with Gasteiger partial charge < -0.3 is 9.47 Å². The molecule has 8 rings (SSSR count). The first-order chi connectivity index (χ1) is 21.6. The van der Waals surface area contributed by atoms with Crippen molar-refractivity contribution in [3.63, 3.8) is 0 Å². The third kappa shape index (κ3) is 3.76. The molecule has 2 fully saturated rings. The lowest BCUT2D eigenvalue weighted by Crippen LogP contribution is -2.50. The average molecular weight is 621 g/mol. The van der Waals surface area contributed by atoms with Crippen LogP contribution in [0.2, 0.25) is 0 Å². The van der Waals surface area contributed by atoms with E-state index in [-0.39, 0.29) is 58.0 Å². The standard InChI is InChI=1S/2C20H22O3/c2*1-5-11-6-7-13-12(10-11)15-16-18(22)23-17(15)14(21)8-9-20(16,4)19(13,2)3/h2*6-10,15-17H,5H2,1-4H3/t2*15-,16+,17-,20-/m11/s1. The summed E-state index contributed by atoms with van der Waals surface area (Å²) in [7, 11) is 0. The second-order valence-corrected chi connectivity index (χ2v) is 15.6. The lowest BCUT2D eigenvalue weighted by atomic mass is 9.49. The number of ketones is 2. The molecule has 2 aromatic rings. The molecule has 0 aromatic heterocycles. The Balaban J connectivity index is 0.000000147. The molecule has 2 aromatic carbocycles. The average Bonchev–Trinajstić information content (AvgIpc) is 3.52. The Hall–Kier alpha value is -3.80. The van der Waals surface area contributed by atoms with Gasteiger partial charge in [0.25, 0.3) is 0 Å². The molecule has 2 aliphatic heterocycles. The van der Waals surface area contributed by atoms with Crippen LogP contribution < -0.4 is 0 Å². The largest absolute Gasteiger partial charge is 0.453 e. The maximum absolute atomic E-state index is 12.6. The Morgan fingerprint density at radius 2 is 0.957 bits per heavy atom. The summed E-state index contributed by atoms with van der Waals surface area (Å²) in [6.45, 7) is 17.1. The fourth-order valence-corrected chi connectivity index (χ4v) is 9.61. The summed E-state index contributed by atoms with van der Waals surface area (Å²) in [4.78, 5) is 50.3. The van der Waals surface area contributed by atoms with Gasteiger partial charge in [-0.3, -0.25) is 19.2 Å². The second kappa shape index (κ2) is 9.85. The van der Waals surface area contributed by atoms with Gasteiger partial charge >= 0.3 is 11.9 Å². The molecule has 240 valence electrons. The number of allylic oxidation sites excluding steroid dienone is 2. The minimum absolute atomic E-state index is 0.0832. The Bertz CT molecular complexity index is 1650. The van der Waals surface area contributed by atoms with Crippen molar-refractivity contribution in [2.45, 2.75) is 103 Å². The van der Waals surface area contributed by atoms with Gasteiger partial charge in [0.15, 0.2) is 23.8 Å². The van der Waals surface area contributed by atoms with Gasteiger partial charge in [0, 0.05) is 22.7 Å². The molecule has 0 amide bonds. The van der Waals surface area contributed by atoms with Gasteiger partial charge in [-0.2, -0.15) is 0 Å². The number of benzene rings is 2. The Labute approximate surface area is 271 Å². The van der Waals surface area contributed by atoms with Crippen molar-refractivity contribution in [2.24, 2.45) is 22.7 Å². The number of rotatable bonds is 2. The number of hydrogen-bond donors (Lipinski definition) is 0. The van der Waals surface area contributed by atoms with Crippen molar-refractivity contribution in [2.75, 3.05) is 0 Å². The van der Waals surface area contributed by atoms with Crippen molar-refractivity contribution in [3.05, 3.63) is 94.1 Å². The minimum atomic E-state index is -0.660. The van der Waals surface area contributed by atoms with Crippen LogP contribution in [0.4, 0.5) is 0 Å². The third-order valence-corrected chi connectivity index (χ3v) is 13.2. The van der Waals surface area contributed by atoms with E-state index >= 15 is 0 Å². The van der Waals surface area contributed by atoms with Crippen LogP contribution >= 0.6 is 0 Å². The van der Waals surface area contributed by atoms with E-state index in [4.69, 9.17) is 9.47 Å². The summed E-state index contributed by atoms with van der Waals surface area (Å²) in [5.74, 6) is -1.51. The lowest BCUT2D eigenvalue weighted by Gasteiger charge is -2.51. The van der Waals surface area contributed by atoms with E-state index in [2.05, 4.69) is 91.8 Å². The quantitative estimate of drug-likeness (QED) is 0.351. The highest BCUT2D eigenvalue weighted by Crippen LogP contribution is 2.64. The van der Waals surface area contributed by atoms with Gasteiger partial charge in [0.1, 0.15) is 0 Å². The highest BCUT2D eigenvalue weighted by Gasteiger charge is 2.66. The van der Waals surface area contributed by atoms with Crippen LogP contribution in [0.25, 0.3) is 0 Å². The Kier molecular flexibility index (Phi) is 6.60. The predicted octanol–water partition coefficient (Wildman–Crippen LogP) is 6.62. The zero-order valence-corrected chi connectivity index (χ0v) is 28.1. The Morgan fingerprint density at radius 1 is 0.587 bits per heavy atom. The van der Waals surface area contributed by atoms with Crippen LogP contribution in [0.3, 0.4) is 0 Å². The number of carbonyl (C=O) groups is 4. The molecule has 4 aliphatic carbocycles. The maximum atomic E-state index is 12.6. The lowest BCUT2D eigenvalue weighted by molar-refractivity contribution is -0.151. The molecule has 6 heteroatoms. The molecule has 0 N–H and O–H groups in total. The molecule has 2 saturated heterocycles. The van der Waals surface area contributed by atoms with Crippen LogP contribution in [0.1, 0.15) is 101 Å². The first-order valence-corrected chi connectivity index (χ1v) is 16.8. The summed E-state index contributed by atoms with van der Waals surface area (Å²) in [5, 5.41) is 0. The molecule has 0 saturated carbocycles. The van der Waals surface area contributed by atoms with Crippen LogP contribution in [0, 0.1) is 22.7 Å². The van der Waals surface area contributed by atoms with Crippen molar-refractivity contribution < 1.29 is 28.7 Å². The molecule has 0 radical (unpaired) electrons. The predicted molar refractivity (Wildman–Crippen MR) is 174 cm³/mol. The zero-order valence-electron chi connectivity index (χ0n) is 28.1. The van der Waals surface area contributed by atoms with Crippen LogP contribution in [-0.2, 0) is 52.3 Å². The molecule has 8 bridgehead atoms. The molecule has 6 nitrogen and oxygen atoms in total. The molecule has 8 atom stereocenters. The van der Waals surface area contributed by atoms with Crippen LogP contribution in [0.15, 0.2) is 60.7 Å². The molecular weight excluding hydrogens is 576 g/mol. The first-order valence-electron chi connectivity index (χ1n) is 16.8. The number of fused-ring (bicyclic) bond motifs is 2. The van der Waals surface area contributed by atoms with Gasteiger partial charge in [0.2, 0.25) is 0 Å². The van der Waals surface area contributed by atoms with Gasteiger partial charge in [0.05, 0.1) is 11.8 Å². The van der Waals surface area contributed by atoms with Crippen molar-refractivity contribution in [1.29, 1.82) is 0 Å². The monoisotopic (exact) mass is 620 g/mol. The molecule has 2 heterocycles. The summed E-state index contributed by atoms with van der Waals surface area (Å²) < 4.78 is 11.1. The highest BCUT2D eigenvalue weighted by molar-refractivity contribution is 6.01. The summed E-state index contributed by atoms with van der Waals surface area (Å²) >= 11 is 0. The van der Waals surface area contributed by atoms with Gasteiger partial charge in [-0.25, -0.2) is 0 Å². The maximum Gasteiger partial charge on any atom is 0.311 e. The first kappa shape index (κ1) is 30.8. The van der Waals surface area contributed by atoms with Crippen molar-refractivity contribution >= 4 is 23.5 Å². The molecule has 46 heavy (non-hydrogen) atoms. The number of hydrogen-bond acceptors (Lipinski definition) is 6. The van der Waals surface area contributed by atoms with E-state index < -0.39 is 23.0 Å². The topological polar surface area (TPSA) is 86.7 Å². The van der Waals surface area contributed by atoms with Crippen molar-refractivity contribution in [1.82, 2.24) is 0 Å².